The summed E-state index contributed by atoms with van der Waals surface area (Å²) in [5.74, 6) is 0.666. The predicted octanol–water partition coefficient (Wildman–Crippen LogP) is 3.50. The van der Waals surface area contributed by atoms with Crippen LogP contribution in [0.3, 0.4) is 0 Å². The second-order valence-corrected chi connectivity index (χ2v) is 7.87. The first kappa shape index (κ1) is 20.0. The Morgan fingerprint density at radius 3 is 2.31 bits per heavy atom. The molecule has 0 spiro atoms. The highest BCUT2D eigenvalue weighted by molar-refractivity contribution is 7.93. The van der Waals surface area contributed by atoms with E-state index in [9.17, 15) is 8.42 Å². The average molecular weight is 375 g/mol. The van der Waals surface area contributed by atoms with Gasteiger partial charge in [-0.15, -0.1) is 0 Å². The molecular formula is C20H25NO4S. The minimum atomic E-state index is -3.29. The number of hydrogen-bond donors (Lipinski definition) is 1. The number of nitrogens with one attached hydrogen (secondary N) is 1. The minimum absolute atomic E-state index is 0.188. The molecule has 6 heteroatoms. The Morgan fingerprint density at radius 2 is 1.73 bits per heavy atom. The molecule has 0 aliphatic rings. The Bertz CT molecular complexity index is 825. The Balaban J connectivity index is 2.14. The van der Waals surface area contributed by atoms with Crippen molar-refractivity contribution in [1.29, 1.82) is 0 Å². The zero-order chi connectivity index (χ0) is 19.0. The third-order valence-corrected chi connectivity index (χ3v) is 4.28. The quantitative estimate of drug-likeness (QED) is 0.537. The summed E-state index contributed by atoms with van der Waals surface area (Å²) in [6.07, 6.45) is 1.18. The molecule has 0 aliphatic carbocycles. The molecule has 1 N–H and O–H groups in total. The van der Waals surface area contributed by atoms with Gasteiger partial charge in [-0.3, -0.25) is 0 Å². The molecule has 5 nitrogen and oxygen atoms in total. The molecule has 0 saturated carbocycles. The van der Waals surface area contributed by atoms with Crippen molar-refractivity contribution in [3.05, 3.63) is 70.6 Å². The fourth-order valence-electron chi connectivity index (χ4n) is 2.25. The lowest BCUT2D eigenvalue weighted by Crippen LogP contribution is -2.13. The highest BCUT2D eigenvalue weighted by Gasteiger charge is 2.07. The Labute approximate surface area is 155 Å². The van der Waals surface area contributed by atoms with E-state index in [2.05, 4.69) is 5.32 Å². The van der Waals surface area contributed by atoms with Crippen LogP contribution in [-0.2, 0) is 21.1 Å². The smallest absolute Gasteiger partial charge is 0.189 e. The molecule has 0 saturated heterocycles. The van der Waals surface area contributed by atoms with E-state index in [1.54, 1.807) is 12.1 Å². The van der Waals surface area contributed by atoms with E-state index in [-0.39, 0.29) is 6.79 Å². The number of rotatable bonds is 9. The topological polar surface area (TPSA) is 64.6 Å². The van der Waals surface area contributed by atoms with Crippen LogP contribution in [0, 0.1) is 6.92 Å². The molecule has 2 rings (SSSR count). The van der Waals surface area contributed by atoms with E-state index >= 15 is 0 Å². The van der Waals surface area contributed by atoms with E-state index in [4.69, 9.17) is 9.47 Å². The lowest BCUT2D eigenvalue weighted by Gasteiger charge is -2.13. The molecule has 0 aromatic heterocycles. The van der Waals surface area contributed by atoms with Crippen LogP contribution in [0.1, 0.15) is 23.6 Å². The highest BCUT2D eigenvalue weighted by atomic mass is 32.2. The van der Waals surface area contributed by atoms with Gasteiger partial charge in [0.25, 0.3) is 0 Å². The Kier molecular flexibility index (Phi) is 7.24. The van der Waals surface area contributed by atoms with Crippen molar-refractivity contribution < 1.29 is 17.9 Å². The monoisotopic (exact) mass is 375 g/mol. The number of aryl methyl sites for hydroxylation is 1. The zero-order valence-electron chi connectivity index (χ0n) is 15.4. The van der Waals surface area contributed by atoms with E-state index in [1.165, 1.54) is 17.2 Å². The minimum Gasteiger partial charge on any atom is -0.468 e. The fourth-order valence-corrected chi connectivity index (χ4v) is 2.90. The van der Waals surface area contributed by atoms with Crippen molar-refractivity contribution in [2.24, 2.45) is 0 Å². The van der Waals surface area contributed by atoms with Gasteiger partial charge in [-0.25, -0.2) is 8.42 Å². The van der Waals surface area contributed by atoms with Gasteiger partial charge in [-0.2, -0.15) is 0 Å². The molecule has 0 radical (unpaired) electrons. The van der Waals surface area contributed by atoms with Crippen molar-refractivity contribution in [3.63, 3.8) is 0 Å². The summed E-state index contributed by atoms with van der Waals surface area (Å²) >= 11 is 0. The van der Waals surface area contributed by atoms with Crippen LogP contribution in [0.4, 0.5) is 0 Å². The van der Waals surface area contributed by atoms with Crippen LogP contribution < -0.4 is 10.1 Å². The summed E-state index contributed by atoms with van der Waals surface area (Å²) in [5, 5.41) is 4.46. The van der Waals surface area contributed by atoms with E-state index < -0.39 is 9.84 Å². The summed E-state index contributed by atoms with van der Waals surface area (Å²) in [7, 11) is -3.29. The number of ether oxygens (including phenoxy) is 2. The van der Waals surface area contributed by atoms with Gasteiger partial charge < -0.3 is 14.8 Å². The lowest BCUT2D eigenvalue weighted by atomic mass is 10.1. The number of hydrogen-bond acceptors (Lipinski definition) is 5. The van der Waals surface area contributed by atoms with Gasteiger partial charge in [0.05, 0.1) is 11.1 Å². The maximum absolute atomic E-state index is 11.8. The Morgan fingerprint density at radius 1 is 1.08 bits per heavy atom. The molecule has 2 aromatic carbocycles. The van der Waals surface area contributed by atoms with Gasteiger partial charge in [-0.1, -0.05) is 29.8 Å². The van der Waals surface area contributed by atoms with E-state index in [1.807, 2.05) is 50.2 Å². The van der Waals surface area contributed by atoms with Crippen LogP contribution >= 0.6 is 0 Å². The van der Waals surface area contributed by atoms with Gasteiger partial charge in [0.15, 0.2) is 16.6 Å². The number of benzene rings is 2. The normalized spacial score (nSPS) is 12.0. The van der Waals surface area contributed by atoms with Gasteiger partial charge in [-0.05, 0) is 49.2 Å². The van der Waals surface area contributed by atoms with Crippen molar-refractivity contribution in [2.75, 3.05) is 19.7 Å². The summed E-state index contributed by atoms with van der Waals surface area (Å²) < 4.78 is 34.1. The summed E-state index contributed by atoms with van der Waals surface area (Å²) in [4.78, 5) is 0. The maximum atomic E-state index is 11.8. The highest BCUT2D eigenvalue weighted by Crippen LogP contribution is 2.19. The van der Waals surface area contributed by atoms with Crippen LogP contribution in [0.15, 0.2) is 53.9 Å². The lowest BCUT2D eigenvalue weighted by molar-refractivity contribution is 0.0224. The Hall–Kier alpha value is -2.31. The van der Waals surface area contributed by atoms with Gasteiger partial charge in [0, 0.05) is 19.4 Å². The molecule has 0 amide bonds. The first-order chi connectivity index (χ1) is 12.4. The molecule has 0 fully saturated rings. The molecule has 0 aliphatic heterocycles. The van der Waals surface area contributed by atoms with Crippen LogP contribution in [0.25, 0.3) is 5.70 Å². The SMILES string of the molecule is CCOCOc1ccc(/C(=C/S(C)(=O)=O)NCc2ccc(C)cc2)cc1. The predicted molar refractivity (Wildman–Crippen MR) is 104 cm³/mol. The largest absolute Gasteiger partial charge is 0.468 e. The first-order valence-electron chi connectivity index (χ1n) is 8.39. The van der Waals surface area contributed by atoms with Gasteiger partial charge in [0.1, 0.15) is 5.75 Å². The van der Waals surface area contributed by atoms with Crippen molar-refractivity contribution in [2.45, 2.75) is 20.4 Å². The zero-order valence-corrected chi connectivity index (χ0v) is 16.2. The molecule has 0 unspecified atom stereocenters. The summed E-state index contributed by atoms with van der Waals surface area (Å²) in [6, 6.07) is 15.3. The standard InChI is InChI=1S/C20H25NO4S/c1-4-24-15-25-19-11-9-18(10-12-19)20(14-26(3,22)23)21-13-17-7-5-16(2)6-8-17/h5-12,14,21H,4,13,15H2,1-3H3/b20-14-. The molecule has 0 heterocycles. The summed E-state index contributed by atoms with van der Waals surface area (Å²) in [6.45, 7) is 5.23. The van der Waals surface area contributed by atoms with E-state index in [0.717, 1.165) is 11.1 Å². The average Bonchev–Trinajstić information content (AvgIpc) is 2.60. The van der Waals surface area contributed by atoms with Crippen LogP contribution in [0.2, 0.25) is 0 Å². The third-order valence-electron chi connectivity index (χ3n) is 3.61. The van der Waals surface area contributed by atoms with Crippen LogP contribution in [0.5, 0.6) is 5.75 Å². The molecule has 2 aromatic rings. The van der Waals surface area contributed by atoms with Crippen molar-refractivity contribution in [3.8, 4) is 5.75 Å². The second kappa shape index (κ2) is 9.40. The molecule has 140 valence electrons. The molecule has 26 heavy (non-hydrogen) atoms. The van der Waals surface area contributed by atoms with Gasteiger partial charge >= 0.3 is 0 Å². The van der Waals surface area contributed by atoms with Crippen LogP contribution in [-0.4, -0.2) is 28.1 Å². The molecule has 0 bridgehead atoms. The van der Waals surface area contributed by atoms with Gasteiger partial charge in [0.2, 0.25) is 0 Å². The molecular weight excluding hydrogens is 350 g/mol. The van der Waals surface area contributed by atoms with Crippen molar-refractivity contribution in [1.82, 2.24) is 5.32 Å². The van der Waals surface area contributed by atoms with E-state index in [0.29, 0.717) is 24.6 Å². The first-order valence-corrected chi connectivity index (χ1v) is 10.3. The summed E-state index contributed by atoms with van der Waals surface area (Å²) in [5.41, 5.74) is 3.57. The second-order valence-electron chi connectivity index (χ2n) is 5.98. The number of sulfone groups is 1. The fraction of sp³-hybridized carbons (Fsp3) is 0.300. The molecule has 0 atom stereocenters. The van der Waals surface area contributed by atoms with Crippen molar-refractivity contribution >= 4 is 15.5 Å². The third kappa shape index (κ3) is 6.90. The maximum Gasteiger partial charge on any atom is 0.189 e.